The molecule has 3 aromatic rings. The average Bonchev–Trinajstić information content (AvgIpc) is 3.21. The van der Waals surface area contributed by atoms with E-state index in [1.165, 1.54) is 11.1 Å². The third kappa shape index (κ3) is 2.78. The van der Waals surface area contributed by atoms with Crippen molar-refractivity contribution in [1.82, 2.24) is 10.1 Å². The Balaban J connectivity index is 1.68. The Hall–Kier alpha value is -2.75. The van der Waals surface area contributed by atoms with E-state index in [-0.39, 0.29) is 6.04 Å². The maximum Gasteiger partial charge on any atom is 0.258 e. The number of rotatable bonds is 3. The smallest absolute Gasteiger partial charge is 0.258 e. The number of aliphatic imine (C=N–C) groups is 1. The van der Waals surface area contributed by atoms with Gasteiger partial charge >= 0.3 is 0 Å². The van der Waals surface area contributed by atoms with E-state index < -0.39 is 0 Å². The standard InChI is InChI=1S/C21H21N3O/c1-12(2)19-18-8-6-15(10-16(18)11-22-19)20-23-21(25-24-20)17-7-5-13(3)9-14(17)4/h5-12,19H,1-4H3. The summed E-state index contributed by atoms with van der Waals surface area (Å²) in [5, 5.41) is 4.18. The minimum Gasteiger partial charge on any atom is -0.334 e. The molecule has 0 saturated heterocycles. The topological polar surface area (TPSA) is 51.3 Å². The molecule has 0 amide bonds. The van der Waals surface area contributed by atoms with Crippen LogP contribution in [-0.4, -0.2) is 16.4 Å². The summed E-state index contributed by atoms with van der Waals surface area (Å²) < 4.78 is 5.51. The van der Waals surface area contributed by atoms with Gasteiger partial charge in [0.2, 0.25) is 5.82 Å². The van der Waals surface area contributed by atoms with Crippen LogP contribution in [0, 0.1) is 19.8 Å². The van der Waals surface area contributed by atoms with E-state index in [9.17, 15) is 0 Å². The summed E-state index contributed by atoms with van der Waals surface area (Å²) in [5.74, 6) is 1.66. The summed E-state index contributed by atoms with van der Waals surface area (Å²) in [5.41, 5.74) is 6.71. The number of aryl methyl sites for hydroxylation is 2. The Morgan fingerprint density at radius 3 is 2.64 bits per heavy atom. The zero-order valence-electron chi connectivity index (χ0n) is 14.9. The van der Waals surface area contributed by atoms with E-state index >= 15 is 0 Å². The van der Waals surface area contributed by atoms with Gasteiger partial charge in [0.25, 0.3) is 5.89 Å². The van der Waals surface area contributed by atoms with Crippen molar-refractivity contribution in [2.24, 2.45) is 10.9 Å². The van der Waals surface area contributed by atoms with Crippen LogP contribution in [0.4, 0.5) is 0 Å². The average molecular weight is 331 g/mol. The molecule has 4 rings (SSSR count). The number of hydrogen-bond acceptors (Lipinski definition) is 4. The van der Waals surface area contributed by atoms with Gasteiger partial charge in [0.15, 0.2) is 0 Å². The minimum atomic E-state index is 0.250. The molecule has 1 unspecified atom stereocenters. The summed E-state index contributed by atoms with van der Waals surface area (Å²) in [4.78, 5) is 9.22. The van der Waals surface area contributed by atoms with E-state index in [2.05, 4.69) is 73.2 Å². The molecule has 0 radical (unpaired) electrons. The van der Waals surface area contributed by atoms with Crippen LogP contribution in [0.3, 0.4) is 0 Å². The van der Waals surface area contributed by atoms with Crippen molar-refractivity contribution in [2.75, 3.05) is 0 Å². The first-order valence-electron chi connectivity index (χ1n) is 8.62. The number of benzene rings is 2. The zero-order valence-corrected chi connectivity index (χ0v) is 14.9. The highest BCUT2D eigenvalue weighted by Crippen LogP contribution is 2.34. The third-order valence-corrected chi connectivity index (χ3v) is 4.71. The fourth-order valence-electron chi connectivity index (χ4n) is 3.37. The summed E-state index contributed by atoms with van der Waals surface area (Å²) >= 11 is 0. The Kier molecular flexibility index (Phi) is 3.75. The molecule has 126 valence electrons. The molecule has 1 atom stereocenters. The Morgan fingerprint density at radius 1 is 1.04 bits per heavy atom. The van der Waals surface area contributed by atoms with Gasteiger partial charge in [0, 0.05) is 17.3 Å². The highest BCUT2D eigenvalue weighted by molar-refractivity contribution is 5.87. The molecular formula is C21H21N3O. The number of nitrogens with zero attached hydrogens (tertiary/aromatic N) is 3. The molecular weight excluding hydrogens is 310 g/mol. The molecule has 0 bridgehead atoms. The van der Waals surface area contributed by atoms with E-state index in [0.717, 1.165) is 22.3 Å². The molecule has 0 saturated carbocycles. The third-order valence-electron chi connectivity index (χ3n) is 4.71. The number of fused-ring (bicyclic) bond motifs is 1. The molecule has 4 heteroatoms. The normalized spacial score (nSPS) is 15.8. The van der Waals surface area contributed by atoms with Gasteiger partial charge in [-0.3, -0.25) is 4.99 Å². The lowest BCUT2D eigenvalue weighted by Gasteiger charge is -2.13. The molecule has 0 spiro atoms. The van der Waals surface area contributed by atoms with Gasteiger partial charge in [-0.2, -0.15) is 4.98 Å². The highest BCUT2D eigenvalue weighted by Gasteiger charge is 2.22. The lowest BCUT2D eigenvalue weighted by atomic mass is 9.94. The molecule has 1 aromatic heterocycles. The molecule has 0 N–H and O–H groups in total. The molecule has 2 aromatic carbocycles. The molecule has 2 heterocycles. The van der Waals surface area contributed by atoms with Crippen molar-refractivity contribution in [3.05, 3.63) is 58.7 Å². The maximum absolute atomic E-state index is 5.51. The second kappa shape index (κ2) is 5.96. The fourth-order valence-corrected chi connectivity index (χ4v) is 3.37. The Morgan fingerprint density at radius 2 is 1.88 bits per heavy atom. The molecule has 4 nitrogen and oxygen atoms in total. The maximum atomic E-state index is 5.51. The molecule has 0 fully saturated rings. The minimum absolute atomic E-state index is 0.250. The van der Waals surface area contributed by atoms with E-state index in [1.807, 2.05) is 12.3 Å². The molecule has 25 heavy (non-hydrogen) atoms. The van der Waals surface area contributed by atoms with Gasteiger partial charge in [-0.15, -0.1) is 0 Å². The van der Waals surface area contributed by atoms with Crippen LogP contribution < -0.4 is 0 Å². The lowest BCUT2D eigenvalue weighted by molar-refractivity contribution is 0.432. The largest absolute Gasteiger partial charge is 0.334 e. The first kappa shape index (κ1) is 15.8. The fraction of sp³-hybridized carbons (Fsp3) is 0.286. The van der Waals surface area contributed by atoms with Crippen LogP contribution in [0.2, 0.25) is 0 Å². The Bertz CT molecular complexity index is 969. The Labute approximate surface area is 147 Å². The van der Waals surface area contributed by atoms with E-state index in [4.69, 9.17) is 4.52 Å². The van der Waals surface area contributed by atoms with Gasteiger partial charge in [-0.05, 0) is 48.6 Å². The van der Waals surface area contributed by atoms with Crippen LogP contribution in [0.1, 0.15) is 42.1 Å². The van der Waals surface area contributed by atoms with E-state index in [0.29, 0.717) is 17.6 Å². The highest BCUT2D eigenvalue weighted by atomic mass is 16.5. The van der Waals surface area contributed by atoms with Gasteiger partial charge in [-0.1, -0.05) is 48.8 Å². The van der Waals surface area contributed by atoms with Crippen molar-refractivity contribution in [3.8, 4) is 22.8 Å². The van der Waals surface area contributed by atoms with Gasteiger partial charge < -0.3 is 4.52 Å². The monoisotopic (exact) mass is 331 g/mol. The summed E-state index contributed by atoms with van der Waals surface area (Å²) in [6.07, 6.45) is 1.95. The summed E-state index contributed by atoms with van der Waals surface area (Å²) in [6, 6.07) is 12.7. The van der Waals surface area contributed by atoms with Crippen molar-refractivity contribution >= 4 is 6.21 Å². The van der Waals surface area contributed by atoms with Crippen LogP contribution in [-0.2, 0) is 0 Å². The second-order valence-electron chi connectivity index (χ2n) is 7.05. The van der Waals surface area contributed by atoms with Crippen LogP contribution in [0.25, 0.3) is 22.8 Å². The first-order valence-corrected chi connectivity index (χ1v) is 8.62. The van der Waals surface area contributed by atoms with Crippen molar-refractivity contribution in [3.63, 3.8) is 0 Å². The van der Waals surface area contributed by atoms with Crippen molar-refractivity contribution < 1.29 is 4.52 Å². The quantitative estimate of drug-likeness (QED) is 0.667. The number of hydrogen-bond donors (Lipinski definition) is 0. The number of aromatic nitrogens is 2. The zero-order chi connectivity index (χ0) is 17.6. The molecule has 1 aliphatic rings. The molecule has 1 aliphatic heterocycles. The predicted molar refractivity (Wildman–Crippen MR) is 99.8 cm³/mol. The first-order chi connectivity index (χ1) is 12.0. The van der Waals surface area contributed by atoms with Gasteiger partial charge in [0.05, 0.1) is 6.04 Å². The van der Waals surface area contributed by atoms with Crippen molar-refractivity contribution in [1.29, 1.82) is 0 Å². The summed E-state index contributed by atoms with van der Waals surface area (Å²) in [7, 11) is 0. The van der Waals surface area contributed by atoms with Crippen LogP contribution in [0.15, 0.2) is 45.9 Å². The lowest BCUT2D eigenvalue weighted by Crippen LogP contribution is -2.01. The van der Waals surface area contributed by atoms with E-state index in [1.54, 1.807) is 0 Å². The second-order valence-corrected chi connectivity index (χ2v) is 7.05. The van der Waals surface area contributed by atoms with Gasteiger partial charge in [0.1, 0.15) is 0 Å². The van der Waals surface area contributed by atoms with Crippen molar-refractivity contribution in [2.45, 2.75) is 33.7 Å². The SMILES string of the molecule is Cc1ccc(-c2nc(-c3ccc4c(c3)C=NC4C(C)C)no2)c(C)c1. The van der Waals surface area contributed by atoms with Crippen LogP contribution >= 0.6 is 0 Å². The predicted octanol–water partition coefficient (Wildman–Crippen LogP) is 5.15. The molecule has 0 aliphatic carbocycles. The summed E-state index contributed by atoms with van der Waals surface area (Å²) in [6.45, 7) is 8.53. The van der Waals surface area contributed by atoms with Gasteiger partial charge in [-0.25, -0.2) is 0 Å². The van der Waals surface area contributed by atoms with Crippen LogP contribution in [0.5, 0.6) is 0 Å².